The fourth-order valence-corrected chi connectivity index (χ4v) is 4.16. The zero-order valence-corrected chi connectivity index (χ0v) is 17.5. The fourth-order valence-electron chi connectivity index (χ4n) is 2.80. The third-order valence-electron chi connectivity index (χ3n) is 3.80. The third kappa shape index (κ3) is 2.81. The molecule has 1 aliphatic heterocycles. The predicted molar refractivity (Wildman–Crippen MR) is 87.9 cm³/mol. The second-order valence-corrected chi connectivity index (χ2v) is 7.10. The molecule has 0 unspecified atom stereocenters. The molecule has 0 aromatic heterocycles. The van der Waals surface area contributed by atoms with E-state index in [1.807, 2.05) is 13.8 Å². The molecule has 1 heterocycles. The molecular weight excluding hydrogens is 391 g/mol. The number of aliphatic imine (C=N–C) groups is 1. The van der Waals surface area contributed by atoms with Crippen molar-refractivity contribution in [3.8, 4) is 5.75 Å². The van der Waals surface area contributed by atoms with Crippen LogP contribution in [0.5, 0.6) is 5.75 Å². The average molecular weight is 399 g/mol. The maximum atomic E-state index is 12.0. The molecule has 1 aromatic rings. The van der Waals surface area contributed by atoms with Crippen LogP contribution in [0.25, 0.3) is 0 Å². The van der Waals surface area contributed by atoms with E-state index in [4.69, 9.17) is 46.4 Å². The topological polar surface area (TPSA) is 52.5 Å². The number of nitrogens with zero attached hydrogens (tertiary/aromatic N) is 1. The molecule has 0 saturated carbocycles. The van der Waals surface area contributed by atoms with Gasteiger partial charge in [0.1, 0.15) is 0 Å². The zero-order chi connectivity index (χ0) is 16.4. The number of halogens is 4. The normalized spacial score (nSPS) is 18.6. The van der Waals surface area contributed by atoms with Crippen LogP contribution in [-0.2, 0) is 10.2 Å². The molecule has 0 N–H and O–H groups in total. The van der Waals surface area contributed by atoms with Gasteiger partial charge in [0.2, 0.25) is 5.78 Å². The molecule has 0 spiro atoms. The summed E-state index contributed by atoms with van der Waals surface area (Å²) in [6.45, 7) is 3.63. The number of fused-ring (bicyclic) bond motifs is 2. The first-order valence-electron chi connectivity index (χ1n) is 6.27. The Labute approximate surface area is 175 Å². The molecule has 0 amide bonds. The van der Waals surface area contributed by atoms with E-state index in [0.29, 0.717) is 22.5 Å². The van der Waals surface area contributed by atoms with Crippen molar-refractivity contribution in [3.05, 3.63) is 43.4 Å². The molecule has 114 valence electrons. The summed E-state index contributed by atoms with van der Waals surface area (Å²) in [5.74, 6) is -0.942. The summed E-state index contributed by atoms with van der Waals surface area (Å²) >= 11 is 24.2. The molecule has 0 bridgehead atoms. The number of hydrogen-bond donors (Lipinski definition) is 0. The van der Waals surface area contributed by atoms with E-state index in [0.717, 1.165) is 0 Å². The van der Waals surface area contributed by atoms with Gasteiger partial charge in [-0.2, -0.15) is 0 Å². The Morgan fingerprint density at radius 3 is 2.39 bits per heavy atom. The van der Waals surface area contributed by atoms with Crippen LogP contribution < -0.4 is 34.7 Å². The molecule has 1 aromatic carbocycles. The van der Waals surface area contributed by atoms with Crippen molar-refractivity contribution in [2.45, 2.75) is 19.3 Å². The Morgan fingerprint density at radius 2 is 1.78 bits per heavy atom. The van der Waals surface area contributed by atoms with Gasteiger partial charge in [-0.05, 0) is 12.1 Å². The van der Waals surface area contributed by atoms with Gasteiger partial charge in [-0.25, -0.2) is 4.99 Å². The van der Waals surface area contributed by atoms with Gasteiger partial charge in [0, 0.05) is 26.6 Å². The Hall–Kier alpha value is 0. The number of benzene rings is 1. The summed E-state index contributed by atoms with van der Waals surface area (Å²) in [6, 6.07) is 1.46. The minimum atomic E-state index is -0.784. The van der Waals surface area contributed by atoms with Crippen LogP contribution in [0.2, 0.25) is 10.0 Å². The largest absolute Gasteiger partial charge is 1.00 e. The van der Waals surface area contributed by atoms with Crippen molar-refractivity contribution in [3.63, 3.8) is 0 Å². The number of ketones is 1. The van der Waals surface area contributed by atoms with Crippen LogP contribution in [0.4, 0.5) is 5.69 Å². The first-order chi connectivity index (χ1) is 10.2. The summed E-state index contributed by atoms with van der Waals surface area (Å²) in [4.78, 5) is 16.4. The molecule has 0 radical (unpaired) electrons. The summed E-state index contributed by atoms with van der Waals surface area (Å²) < 4.78 is 0. The Kier molecular flexibility index (Phi) is 5.36. The predicted octanol–water partition coefficient (Wildman–Crippen LogP) is 1.63. The van der Waals surface area contributed by atoms with E-state index in [1.54, 1.807) is 0 Å². The van der Waals surface area contributed by atoms with E-state index in [9.17, 15) is 9.90 Å². The van der Waals surface area contributed by atoms with Gasteiger partial charge in [-0.1, -0.05) is 66.0 Å². The van der Waals surface area contributed by atoms with Crippen molar-refractivity contribution < 1.29 is 39.5 Å². The van der Waals surface area contributed by atoms with Gasteiger partial charge in [0.05, 0.1) is 21.5 Å². The number of hydrogen-bond acceptors (Lipinski definition) is 3. The van der Waals surface area contributed by atoms with Crippen LogP contribution in [0, 0.1) is 0 Å². The van der Waals surface area contributed by atoms with Crippen molar-refractivity contribution in [1.82, 2.24) is 0 Å². The monoisotopic (exact) mass is 397 g/mol. The number of Topliss-reactive ketones (excluding diaryl/α,β-unsaturated/α-hetero) is 1. The molecule has 3 rings (SSSR count). The maximum Gasteiger partial charge on any atom is 1.00 e. The standard InChI is InChI=1S/C15H9Cl4NO2.Na/c1-15(2)9-7(3-5(16)13(21)11(9)18)20-8-4-6(17)14(22)12(19)10(8)15;/h3-4,21H,1-2H3;/q;+1/p-1. The second kappa shape index (κ2) is 6.38. The average Bonchev–Trinajstić information content (AvgIpc) is 2.41. The summed E-state index contributed by atoms with van der Waals surface area (Å²) in [5.41, 5.74) is 1.16. The van der Waals surface area contributed by atoms with Gasteiger partial charge >= 0.3 is 29.6 Å². The third-order valence-corrected chi connectivity index (χ3v) is 5.08. The maximum absolute atomic E-state index is 12.0. The van der Waals surface area contributed by atoms with Crippen molar-refractivity contribution >= 4 is 63.6 Å². The van der Waals surface area contributed by atoms with Gasteiger partial charge in [0.25, 0.3) is 0 Å². The smallest absolute Gasteiger partial charge is 0.870 e. The molecule has 23 heavy (non-hydrogen) atoms. The SMILES string of the molecule is CC1(C)C2=C(Cl)C(=O)C(Cl)=CC2=Nc2cc(Cl)c([O-])c(Cl)c21.[Na+]. The Bertz CT molecular complexity index is 840. The molecule has 0 fully saturated rings. The summed E-state index contributed by atoms with van der Waals surface area (Å²) in [7, 11) is 0. The Balaban J connectivity index is 0.00000192. The fraction of sp³-hybridized carbons (Fsp3) is 0.200. The molecule has 8 heteroatoms. The van der Waals surface area contributed by atoms with Gasteiger partial charge < -0.3 is 5.11 Å². The van der Waals surface area contributed by atoms with Crippen LogP contribution in [0.1, 0.15) is 19.4 Å². The molecule has 0 atom stereocenters. The van der Waals surface area contributed by atoms with Crippen LogP contribution in [0.3, 0.4) is 0 Å². The molecule has 1 aliphatic carbocycles. The summed E-state index contributed by atoms with van der Waals surface area (Å²) in [5, 5.41) is 12.0. The van der Waals surface area contributed by atoms with Crippen molar-refractivity contribution in [1.29, 1.82) is 0 Å². The van der Waals surface area contributed by atoms with E-state index in [1.165, 1.54) is 12.1 Å². The van der Waals surface area contributed by atoms with Gasteiger partial charge in [-0.3, -0.25) is 4.79 Å². The molecule has 3 nitrogen and oxygen atoms in total. The number of allylic oxidation sites excluding steroid dienone is 4. The quantitative estimate of drug-likeness (QED) is 0.492. The van der Waals surface area contributed by atoms with Crippen molar-refractivity contribution in [2.75, 3.05) is 0 Å². The molecule has 2 aliphatic rings. The van der Waals surface area contributed by atoms with Crippen molar-refractivity contribution in [2.24, 2.45) is 4.99 Å². The van der Waals surface area contributed by atoms with E-state index >= 15 is 0 Å². The van der Waals surface area contributed by atoms with Gasteiger partial charge in [0.15, 0.2) is 0 Å². The first kappa shape index (κ1) is 19.3. The Morgan fingerprint density at radius 1 is 1.17 bits per heavy atom. The second-order valence-electron chi connectivity index (χ2n) is 5.53. The van der Waals surface area contributed by atoms with Gasteiger partial charge in [-0.15, -0.1) is 0 Å². The molecular formula is C15H8Cl4NNaO2. The number of carbonyl (C=O) groups excluding carboxylic acids is 1. The van der Waals surface area contributed by atoms with E-state index < -0.39 is 16.9 Å². The summed E-state index contributed by atoms with van der Waals surface area (Å²) in [6.07, 6.45) is 1.46. The first-order valence-corrected chi connectivity index (χ1v) is 7.78. The van der Waals surface area contributed by atoms with Crippen LogP contribution in [0.15, 0.2) is 32.8 Å². The van der Waals surface area contributed by atoms with Crippen LogP contribution >= 0.6 is 46.4 Å². The molecule has 0 saturated heterocycles. The number of carbonyl (C=O) groups is 1. The number of rotatable bonds is 0. The zero-order valence-electron chi connectivity index (χ0n) is 12.4. The van der Waals surface area contributed by atoms with E-state index in [2.05, 4.69) is 4.99 Å². The van der Waals surface area contributed by atoms with Crippen LogP contribution in [-0.4, -0.2) is 11.5 Å². The minimum absolute atomic E-state index is 0. The minimum Gasteiger partial charge on any atom is -0.870 e. The van der Waals surface area contributed by atoms with E-state index in [-0.39, 0.29) is 49.7 Å².